The zero-order chi connectivity index (χ0) is 19.7. The second-order valence-corrected chi connectivity index (χ2v) is 9.33. The average molecular weight is 436 g/mol. The Morgan fingerprint density at radius 3 is 2.76 bits per heavy atom. The molecular weight excluding hydrogens is 410 g/mol. The Morgan fingerprint density at radius 1 is 1.21 bits per heavy atom. The summed E-state index contributed by atoms with van der Waals surface area (Å²) in [5.74, 6) is -0.249. The van der Waals surface area contributed by atoms with Crippen molar-refractivity contribution < 1.29 is 13.2 Å². The van der Waals surface area contributed by atoms with Gasteiger partial charge in [0.2, 0.25) is 0 Å². The van der Waals surface area contributed by atoms with E-state index in [4.69, 9.17) is 0 Å². The molecule has 2 N–H and O–H groups in total. The van der Waals surface area contributed by atoms with Crippen LogP contribution in [0.25, 0.3) is 0 Å². The molecule has 4 rings (SSSR count). The minimum atomic E-state index is -3.75. The number of hydrogen-bond donors (Lipinski definition) is 2. The number of carbonyl (C=O) groups excluding carboxylic acids is 1. The first-order valence-corrected chi connectivity index (χ1v) is 11.1. The monoisotopic (exact) mass is 435 g/mol. The number of rotatable bonds is 5. The number of amides is 1. The predicted molar refractivity (Wildman–Crippen MR) is 116 cm³/mol. The van der Waals surface area contributed by atoms with E-state index in [2.05, 4.69) is 10.6 Å². The number of para-hydroxylation sites is 1. The summed E-state index contributed by atoms with van der Waals surface area (Å²) < 4.78 is 28.1. The molecule has 1 fully saturated rings. The average Bonchev–Trinajstić information content (AvgIpc) is 3.32. The summed E-state index contributed by atoms with van der Waals surface area (Å²) in [6, 6.07) is 14.0. The molecule has 1 saturated heterocycles. The summed E-state index contributed by atoms with van der Waals surface area (Å²) in [5.41, 5.74) is 2.10. The first kappa shape index (κ1) is 21.6. The Morgan fingerprint density at radius 2 is 2.00 bits per heavy atom. The number of carbonyl (C=O) groups is 1. The maximum absolute atomic E-state index is 13.3. The van der Waals surface area contributed by atoms with Crippen molar-refractivity contribution in [1.82, 2.24) is 10.6 Å². The van der Waals surface area contributed by atoms with Crippen LogP contribution in [0.15, 0.2) is 53.4 Å². The highest BCUT2D eigenvalue weighted by Gasteiger charge is 2.36. The molecule has 8 heteroatoms. The highest BCUT2D eigenvalue weighted by Crippen LogP contribution is 2.36. The highest BCUT2D eigenvalue weighted by atomic mass is 35.5. The third kappa shape index (κ3) is 4.27. The Hall–Kier alpha value is -2.09. The van der Waals surface area contributed by atoms with Crippen LogP contribution in [0.1, 0.15) is 35.7 Å². The Bertz CT molecular complexity index is 990. The maximum atomic E-state index is 13.3. The van der Waals surface area contributed by atoms with Gasteiger partial charge in [-0.2, -0.15) is 0 Å². The standard InChI is InChI=1S/C21H25N3O3S.ClH/c1-15-12-16-6-2-3-10-20(16)24(15)28(26,27)19-9-4-7-17(13-19)21(25)23-14-18-8-5-11-22-18;/h2-4,6-7,9-10,13,15,18,22H,5,8,11-12,14H2,1H3,(H,23,25);1H. The van der Waals surface area contributed by atoms with Gasteiger partial charge in [0.15, 0.2) is 0 Å². The Balaban J connectivity index is 0.00000240. The largest absolute Gasteiger partial charge is 0.350 e. The van der Waals surface area contributed by atoms with E-state index >= 15 is 0 Å². The maximum Gasteiger partial charge on any atom is 0.264 e. The highest BCUT2D eigenvalue weighted by molar-refractivity contribution is 7.92. The van der Waals surface area contributed by atoms with Crippen molar-refractivity contribution in [3.8, 4) is 0 Å². The first-order chi connectivity index (χ1) is 13.5. The van der Waals surface area contributed by atoms with E-state index in [0.29, 0.717) is 18.5 Å². The topological polar surface area (TPSA) is 78.5 Å². The van der Waals surface area contributed by atoms with Gasteiger partial charge in [-0.15, -0.1) is 12.4 Å². The second kappa shape index (κ2) is 8.73. The summed E-state index contributed by atoms with van der Waals surface area (Å²) >= 11 is 0. The molecule has 29 heavy (non-hydrogen) atoms. The molecule has 2 aromatic rings. The molecule has 0 spiro atoms. The first-order valence-electron chi connectivity index (χ1n) is 9.71. The van der Waals surface area contributed by atoms with Crippen molar-refractivity contribution in [2.45, 2.75) is 43.2 Å². The van der Waals surface area contributed by atoms with Crippen LogP contribution >= 0.6 is 12.4 Å². The summed E-state index contributed by atoms with van der Waals surface area (Å²) in [6.07, 6.45) is 2.84. The van der Waals surface area contributed by atoms with Gasteiger partial charge in [-0.3, -0.25) is 9.10 Å². The minimum absolute atomic E-state index is 0. The fourth-order valence-corrected chi connectivity index (χ4v) is 5.80. The van der Waals surface area contributed by atoms with E-state index < -0.39 is 10.0 Å². The van der Waals surface area contributed by atoms with Gasteiger partial charge in [0.1, 0.15) is 0 Å². The number of anilines is 1. The van der Waals surface area contributed by atoms with E-state index in [-0.39, 0.29) is 35.3 Å². The SMILES string of the molecule is CC1Cc2ccccc2N1S(=O)(=O)c1cccc(C(=O)NCC2CCCN2)c1.Cl. The molecule has 156 valence electrons. The molecule has 0 aromatic heterocycles. The van der Waals surface area contributed by atoms with Crippen LogP contribution in [0.3, 0.4) is 0 Å². The minimum Gasteiger partial charge on any atom is -0.350 e. The fourth-order valence-electron chi connectivity index (χ4n) is 4.06. The molecule has 6 nitrogen and oxygen atoms in total. The molecule has 2 aromatic carbocycles. The molecule has 0 saturated carbocycles. The van der Waals surface area contributed by atoms with Crippen molar-refractivity contribution >= 4 is 34.0 Å². The number of hydrogen-bond acceptors (Lipinski definition) is 4. The summed E-state index contributed by atoms with van der Waals surface area (Å²) in [4.78, 5) is 12.7. The molecule has 2 heterocycles. The van der Waals surface area contributed by atoms with Gasteiger partial charge in [-0.1, -0.05) is 24.3 Å². The fraction of sp³-hybridized carbons (Fsp3) is 0.381. The van der Waals surface area contributed by atoms with Crippen LogP contribution in [0.2, 0.25) is 0 Å². The van der Waals surface area contributed by atoms with E-state index in [1.54, 1.807) is 18.2 Å². The number of fused-ring (bicyclic) bond motifs is 1. The van der Waals surface area contributed by atoms with Crippen molar-refractivity contribution in [3.63, 3.8) is 0 Å². The van der Waals surface area contributed by atoms with Gasteiger partial charge in [-0.25, -0.2) is 8.42 Å². The molecule has 0 bridgehead atoms. The van der Waals surface area contributed by atoms with Crippen LogP contribution < -0.4 is 14.9 Å². The van der Waals surface area contributed by atoms with E-state index in [9.17, 15) is 13.2 Å². The second-order valence-electron chi connectivity index (χ2n) is 7.51. The van der Waals surface area contributed by atoms with Gasteiger partial charge < -0.3 is 10.6 Å². The number of nitrogens with zero attached hydrogens (tertiary/aromatic N) is 1. The number of halogens is 1. The molecule has 2 unspecified atom stereocenters. The Kier molecular flexibility index (Phi) is 6.51. The smallest absolute Gasteiger partial charge is 0.264 e. The van der Waals surface area contributed by atoms with Crippen LogP contribution in [0, 0.1) is 0 Å². The van der Waals surface area contributed by atoms with Gasteiger partial charge in [0.25, 0.3) is 15.9 Å². The van der Waals surface area contributed by atoms with Crippen molar-refractivity contribution in [2.24, 2.45) is 0 Å². The van der Waals surface area contributed by atoms with Crippen LogP contribution in [-0.4, -0.2) is 39.5 Å². The van der Waals surface area contributed by atoms with E-state index in [1.165, 1.54) is 10.4 Å². The van der Waals surface area contributed by atoms with Crippen molar-refractivity contribution in [2.75, 3.05) is 17.4 Å². The van der Waals surface area contributed by atoms with E-state index in [0.717, 1.165) is 30.6 Å². The van der Waals surface area contributed by atoms with Gasteiger partial charge in [0, 0.05) is 24.2 Å². The van der Waals surface area contributed by atoms with Gasteiger partial charge >= 0.3 is 0 Å². The quantitative estimate of drug-likeness (QED) is 0.756. The lowest BCUT2D eigenvalue weighted by molar-refractivity contribution is 0.0950. The molecule has 2 aliphatic heterocycles. The number of benzene rings is 2. The predicted octanol–water partition coefficient (Wildman–Crippen LogP) is 2.73. The lowest BCUT2D eigenvalue weighted by Crippen LogP contribution is -2.37. The Labute approximate surface area is 178 Å². The third-order valence-electron chi connectivity index (χ3n) is 5.47. The summed E-state index contributed by atoms with van der Waals surface area (Å²) in [6.45, 7) is 3.43. The van der Waals surface area contributed by atoms with Crippen molar-refractivity contribution in [1.29, 1.82) is 0 Å². The molecule has 2 aliphatic rings. The lowest BCUT2D eigenvalue weighted by Gasteiger charge is -2.24. The van der Waals surface area contributed by atoms with Gasteiger partial charge in [0.05, 0.1) is 10.6 Å². The lowest BCUT2D eigenvalue weighted by atomic mass is 10.1. The molecular formula is C21H26ClN3O3S. The summed E-state index contributed by atoms with van der Waals surface area (Å²) in [7, 11) is -3.75. The number of nitrogens with one attached hydrogen (secondary N) is 2. The normalized spacial score (nSPS) is 20.8. The molecule has 0 aliphatic carbocycles. The zero-order valence-corrected chi connectivity index (χ0v) is 17.9. The molecule has 2 atom stereocenters. The zero-order valence-electron chi connectivity index (χ0n) is 16.3. The molecule has 0 radical (unpaired) electrons. The van der Waals surface area contributed by atoms with Gasteiger partial charge in [-0.05, 0) is 62.6 Å². The third-order valence-corrected chi connectivity index (χ3v) is 7.39. The van der Waals surface area contributed by atoms with Crippen LogP contribution in [0.4, 0.5) is 5.69 Å². The van der Waals surface area contributed by atoms with E-state index in [1.807, 2.05) is 31.2 Å². The molecule has 1 amide bonds. The number of sulfonamides is 1. The summed E-state index contributed by atoms with van der Waals surface area (Å²) in [5, 5.41) is 6.24. The van der Waals surface area contributed by atoms with Crippen LogP contribution in [0.5, 0.6) is 0 Å². The van der Waals surface area contributed by atoms with Crippen molar-refractivity contribution in [3.05, 3.63) is 59.7 Å². The van der Waals surface area contributed by atoms with Crippen LogP contribution in [-0.2, 0) is 16.4 Å².